The number of likely N-dealkylation sites (tertiary alicyclic amines) is 1. The van der Waals surface area contributed by atoms with Gasteiger partial charge in [-0.2, -0.15) is 4.99 Å². The summed E-state index contributed by atoms with van der Waals surface area (Å²) in [6.07, 6.45) is 3.87. The van der Waals surface area contributed by atoms with Crippen molar-refractivity contribution < 1.29 is 4.79 Å². The molecule has 0 N–H and O–H groups in total. The quantitative estimate of drug-likeness (QED) is 0.836. The molecule has 5 heteroatoms. The van der Waals surface area contributed by atoms with Crippen LogP contribution in [0.25, 0.3) is 0 Å². The van der Waals surface area contributed by atoms with E-state index in [0.717, 1.165) is 43.8 Å². The molecular formula is C16H22ClN3O. The fourth-order valence-corrected chi connectivity index (χ4v) is 2.65. The minimum absolute atomic E-state index is 0.222. The molecule has 2 amide bonds. The van der Waals surface area contributed by atoms with Gasteiger partial charge in [0.1, 0.15) is 5.84 Å². The number of hydrogen-bond donors (Lipinski definition) is 0. The summed E-state index contributed by atoms with van der Waals surface area (Å²) in [6, 6.07) is 7.21. The summed E-state index contributed by atoms with van der Waals surface area (Å²) in [7, 11) is 1.98. The molecule has 1 saturated heterocycles. The highest BCUT2D eigenvalue weighted by atomic mass is 35.5. The van der Waals surface area contributed by atoms with Crippen LogP contribution in [0.4, 0.5) is 10.5 Å². The Hall–Kier alpha value is -1.55. The van der Waals surface area contributed by atoms with Gasteiger partial charge in [0, 0.05) is 26.6 Å². The number of carbonyl (C=O) groups is 1. The summed E-state index contributed by atoms with van der Waals surface area (Å²) >= 11 is 6.23. The molecule has 114 valence electrons. The summed E-state index contributed by atoms with van der Waals surface area (Å²) in [5.41, 5.74) is 0.739. The zero-order chi connectivity index (χ0) is 15.2. The van der Waals surface area contributed by atoms with Crippen molar-refractivity contribution in [3.63, 3.8) is 0 Å². The zero-order valence-electron chi connectivity index (χ0n) is 12.7. The van der Waals surface area contributed by atoms with Crippen molar-refractivity contribution in [2.24, 2.45) is 4.99 Å². The molecule has 2 rings (SSSR count). The number of amidine groups is 1. The standard InChI is InChI=1S/C16H22ClN3O/c1-3-4-12-20(14-9-6-5-8-13(14)17)16(21)18-15-10-7-11-19(15)2/h5-6,8-9H,3-4,7,10-12H2,1-2H3. The Morgan fingerprint density at radius 2 is 2.19 bits per heavy atom. The molecule has 0 bridgehead atoms. The van der Waals surface area contributed by atoms with Crippen molar-refractivity contribution in [1.82, 2.24) is 4.90 Å². The highest BCUT2D eigenvalue weighted by Crippen LogP contribution is 2.26. The van der Waals surface area contributed by atoms with Gasteiger partial charge in [0.25, 0.3) is 0 Å². The third-order valence-electron chi connectivity index (χ3n) is 3.67. The highest BCUT2D eigenvalue weighted by Gasteiger charge is 2.21. The molecule has 1 aromatic carbocycles. The lowest BCUT2D eigenvalue weighted by molar-refractivity contribution is 0.254. The largest absolute Gasteiger partial charge is 0.363 e. The van der Waals surface area contributed by atoms with Crippen LogP contribution in [0.1, 0.15) is 32.6 Å². The van der Waals surface area contributed by atoms with E-state index in [1.165, 1.54) is 0 Å². The number of anilines is 1. The van der Waals surface area contributed by atoms with Crippen LogP contribution in [0.15, 0.2) is 29.3 Å². The summed E-state index contributed by atoms with van der Waals surface area (Å²) in [4.78, 5) is 20.6. The van der Waals surface area contributed by atoms with Gasteiger partial charge < -0.3 is 4.90 Å². The van der Waals surface area contributed by atoms with Crippen LogP contribution in [-0.4, -0.2) is 36.9 Å². The van der Waals surface area contributed by atoms with E-state index in [-0.39, 0.29) is 6.03 Å². The zero-order valence-corrected chi connectivity index (χ0v) is 13.4. The molecule has 0 atom stereocenters. The van der Waals surface area contributed by atoms with E-state index in [9.17, 15) is 4.79 Å². The first-order chi connectivity index (χ1) is 10.1. The lowest BCUT2D eigenvalue weighted by atomic mass is 10.2. The molecular weight excluding hydrogens is 286 g/mol. The molecule has 1 aliphatic rings. The average Bonchev–Trinajstić information content (AvgIpc) is 2.86. The third-order valence-corrected chi connectivity index (χ3v) is 3.99. The molecule has 1 aromatic rings. The number of urea groups is 1. The maximum absolute atomic E-state index is 12.6. The van der Waals surface area contributed by atoms with Crippen LogP contribution < -0.4 is 4.90 Å². The molecule has 1 fully saturated rings. The van der Waals surface area contributed by atoms with Crippen molar-refractivity contribution in [2.75, 3.05) is 25.0 Å². The summed E-state index contributed by atoms with van der Waals surface area (Å²) in [5, 5.41) is 0.585. The summed E-state index contributed by atoms with van der Waals surface area (Å²) in [5.74, 6) is 0.869. The van der Waals surface area contributed by atoms with E-state index >= 15 is 0 Å². The van der Waals surface area contributed by atoms with E-state index in [2.05, 4.69) is 11.9 Å². The van der Waals surface area contributed by atoms with E-state index in [1.54, 1.807) is 11.0 Å². The SMILES string of the molecule is CCCCN(C(=O)N=C1CCCN1C)c1ccccc1Cl. The predicted molar refractivity (Wildman–Crippen MR) is 88.4 cm³/mol. The molecule has 0 aromatic heterocycles. The Bertz CT molecular complexity index is 530. The van der Waals surface area contributed by atoms with Gasteiger partial charge in [-0.1, -0.05) is 37.1 Å². The Kier molecular flexibility index (Phi) is 5.62. The molecule has 21 heavy (non-hydrogen) atoms. The van der Waals surface area contributed by atoms with Gasteiger partial charge in [0.05, 0.1) is 10.7 Å². The van der Waals surface area contributed by atoms with Crippen LogP contribution >= 0.6 is 11.6 Å². The van der Waals surface area contributed by atoms with Gasteiger partial charge >= 0.3 is 6.03 Å². The molecule has 0 saturated carbocycles. The van der Waals surface area contributed by atoms with Crippen molar-refractivity contribution in [3.05, 3.63) is 29.3 Å². The smallest absolute Gasteiger partial charge is 0.349 e. The van der Waals surface area contributed by atoms with Gasteiger partial charge in [-0.3, -0.25) is 4.90 Å². The monoisotopic (exact) mass is 307 g/mol. The van der Waals surface area contributed by atoms with E-state index in [0.29, 0.717) is 11.6 Å². The van der Waals surface area contributed by atoms with Crippen LogP contribution in [0.5, 0.6) is 0 Å². The number of halogens is 1. The minimum atomic E-state index is -0.222. The number of hydrogen-bond acceptors (Lipinski definition) is 1. The van der Waals surface area contributed by atoms with Gasteiger partial charge in [-0.25, -0.2) is 4.79 Å². The topological polar surface area (TPSA) is 35.9 Å². The predicted octanol–water partition coefficient (Wildman–Crippen LogP) is 4.19. The Morgan fingerprint density at radius 1 is 1.43 bits per heavy atom. The van der Waals surface area contributed by atoms with Crippen molar-refractivity contribution in [3.8, 4) is 0 Å². The van der Waals surface area contributed by atoms with Crippen molar-refractivity contribution >= 4 is 29.2 Å². The first-order valence-corrected chi connectivity index (χ1v) is 7.86. The van der Waals surface area contributed by atoms with Crippen LogP contribution in [0.3, 0.4) is 0 Å². The number of carbonyl (C=O) groups excluding carboxylic acids is 1. The third kappa shape index (κ3) is 3.97. The van der Waals surface area contributed by atoms with E-state index < -0.39 is 0 Å². The molecule has 0 aliphatic carbocycles. The number of para-hydroxylation sites is 1. The lowest BCUT2D eigenvalue weighted by Gasteiger charge is -2.22. The second-order valence-electron chi connectivity index (χ2n) is 5.29. The Labute approximate surface area is 131 Å². The number of nitrogens with zero attached hydrogens (tertiary/aromatic N) is 3. The molecule has 0 unspecified atom stereocenters. The fourth-order valence-electron chi connectivity index (χ4n) is 2.41. The number of aliphatic imine (C=N–C) groups is 1. The normalized spacial score (nSPS) is 16.5. The van der Waals surface area contributed by atoms with Gasteiger partial charge in [0.2, 0.25) is 0 Å². The first-order valence-electron chi connectivity index (χ1n) is 7.48. The Balaban J connectivity index is 2.23. The summed E-state index contributed by atoms with van der Waals surface area (Å²) < 4.78 is 0. The first kappa shape index (κ1) is 15.8. The fraction of sp³-hybridized carbons (Fsp3) is 0.500. The van der Waals surface area contributed by atoms with E-state index in [1.807, 2.05) is 30.1 Å². The molecule has 4 nitrogen and oxygen atoms in total. The van der Waals surface area contributed by atoms with Gasteiger partial charge in [-0.15, -0.1) is 0 Å². The van der Waals surface area contributed by atoms with E-state index in [4.69, 9.17) is 11.6 Å². The molecule has 0 radical (unpaired) electrons. The van der Waals surface area contributed by atoms with Gasteiger partial charge in [-0.05, 0) is 25.0 Å². The van der Waals surface area contributed by atoms with Gasteiger partial charge in [0.15, 0.2) is 0 Å². The van der Waals surface area contributed by atoms with Crippen molar-refractivity contribution in [2.45, 2.75) is 32.6 Å². The lowest BCUT2D eigenvalue weighted by Crippen LogP contribution is -2.31. The number of rotatable bonds is 4. The number of benzene rings is 1. The highest BCUT2D eigenvalue weighted by molar-refractivity contribution is 6.33. The molecule has 0 spiro atoms. The second kappa shape index (κ2) is 7.46. The maximum atomic E-state index is 12.6. The second-order valence-corrected chi connectivity index (χ2v) is 5.70. The molecule has 1 heterocycles. The van der Waals surface area contributed by atoms with Crippen LogP contribution in [0.2, 0.25) is 5.02 Å². The average molecular weight is 308 g/mol. The maximum Gasteiger partial charge on any atom is 0.349 e. The van der Waals surface area contributed by atoms with Crippen LogP contribution in [-0.2, 0) is 0 Å². The number of amides is 2. The molecule has 1 aliphatic heterocycles. The minimum Gasteiger partial charge on any atom is -0.363 e. The van der Waals surface area contributed by atoms with Crippen molar-refractivity contribution in [1.29, 1.82) is 0 Å². The van der Waals surface area contributed by atoms with Crippen LogP contribution in [0, 0.1) is 0 Å². The Morgan fingerprint density at radius 3 is 2.81 bits per heavy atom. The summed E-state index contributed by atoms with van der Waals surface area (Å²) in [6.45, 7) is 3.71. The number of unbranched alkanes of at least 4 members (excludes halogenated alkanes) is 1.